The highest BCUT2D eigenvalue weighted by Gasteiger charge is 2.51. The van der Waals surface area contributed by atoms with E-state index in [-0.39, 0.29) is 21.7 Å². The molecule has 2 atom stereocenters. The highest BCUT2D eigenvalue weighted by atomic mass is 35.5. The molecule has 9 heteroatoms. The van der Waals surface area contributed by atoms with E-state index >= 15 is 0 Å². The van der Waals surface area contributed by atoms with Gasteiger partial charge in [0.1, 0.15) is 4.90 Å². The van der Waals surface area contributed by atoms with Crippen molar-refractivity contribution in [1.82, 2.24) is 14.1 Å². The Bertz CT molecular complexity index is 1100. The third kappa shape index (κ3) is 5.45. The number of sulfonamides is 1. The van der Waals surface area contributed by atoms with Gasteiger partial charge in [-0.05, 0) is 48.3 Å². The lowest BCUT2D eigenvalue weighted by Crippen LogP contribution is -2.52. The van der Waals surface area contributed by atoms with E-state index in [1.54, 1.807) is 6.07 Å². The molecule has 2 unspecified atom stereocenters. The lowest BCUT2D eigenvalue weighted by Gasteiger charge is -2.57. The standard InChI is InChI=1S/C26H37Cl2N3O3S/c1-18(2)25(32)30(17-19-5-6-20-15-22(19)26(20,3)4)12-9-29-10-13-31(14-11-29)35(33,34)24-16-21(27)7-8-23(24)28/h5,7-8,16,18,20,22H,6,9-15,17H2,1-4H3. The Morgan fingerprint density at radius 2 is 1.86 bits per heavy atom. The molecule has 0 N–H and O–H groups in total. The Balaban J connectivity index is 1.35. The van der Waals surface area contributed by atoms with Gasteiger partial charge in [-0.3, -0.25) is 9.69 Å². The molecule has 5 rings (SSSR count). The molecule has 1 aromatic carbocycles. The molecular formula is C26H37Cl2N3O3S. The van der Waals surface area contributed by atoms with Crippen LogP contribution in [0.25, 0.3) is 0 Å². The Hall–Kier alpha value is -1.12. The van der Waals surface area contributed by atoms with Crippen LogP contribution in [0.3, 0.4) is 0 Å². The van der Waals surface area contributed by atoms with Crippen LogP contribution in [0, 0.1) is 23.2 Å². The Morgan fingerprint density at radius 3 is 2.46 bits per heavy atom. The molecule has 0 aromatic heterocycles. The van der Waals surface area contributed by atoms with Gasteiger partial charge in [0.2, 0.25) is 15.9 Å². The van der Waals surface area contributed by atoms with Gasteiger partial charge in [-0.15, -0.1) is 0 Å². The SMILES string of the molecule is CC(C)C(=O)N(CCN1CCN(S(=O)(=O)c2cc(Cl)ccc2Cl)CC1)CC1=CCC2CC1C2(C)C. The molecule has 1 amide bonds. The average Bonchev–Trinajstić information content (AvgIpc) is 2.82. The number of nitrogens with zero attached hydrogens (tertiary/aromatic N) is 3. The molecule has 1 heterocycles. The summed E-state index contributed by atoms with van der Waals surface area (Å²) in [5, 5.41) is 0.521. The second kappa shape index (κ2) is 10.3. The maximum atomic E-state index is 13.1. The van der Waals surface area contributed by atoms with Gasteiger partial charge in [0.05, 0.1) is 5.02 Å². The highest BCUT2D eigenvalue weighted by Crippen LogP contribution is 2.59. The fraction of sp³-hybridized carbons (Fsp3) is 0.654. The molecule has 4 aliphatic rings. The van der Waals surface area contributed by atoms with E-state index in [4.69, 9.17) is 23.2 Å². The molecule has 2 fully saturated rings. The minimum absolute atomic E-state index is 0.0502. The van der Waals surface area contributed by atoms with E-state index < -0.39 is 10.0 Å². The predicted molar refractivity (Wildman–Crippen MR) is 141 cm³/mol. The number of hydrogen-bond donors (Lipinski definition) is 0. The van der Waals surface area contributed by atoms with E-state index in [0.29, 0.717) is 55.6 Å². The number of piperazine rings is 1. The molecule has 194 valence electrons. The van der Waals surface area contributed by atoms with Crippen molar-refractivity contribution < 1.29 is 13.2 Å². The number of fused-ring (bicyclic) bond motifs is 1. The fourth-order valence-electron chi connectivity index (χ4n) is 5.78. The van der Waals surface area contributed by atoms with Crippen molar-refractivity contribution in [1.29, 1.82) is 0 Å². The Labute approximate surface area is 220 Å². The first kappa shape index (κ1) is 26.9. The van der Waals surface area contributed by atoms with Gasteiger partial charge in [0.15, 0.2) is 0 Å². The zero-order valence-corrected chi connectivity index (χ0v) is 23.5. The molecule has 1 aromatic rings. The first-order valence-corrected chi connectivity index (χ1v) is 14.8. The first-order valence-electron chi connectivity index (χ1n) is 12.6. The monoisotopic (exact) mass is 541 g/mol. The zero-order valence-electron chi connectivity index (χ0n) is 21.1. The number of halogens is 2. The largest absolute Gasteiger partial charge is 0.337 e. The lowest BCUT2D eigenvalue weighted by atomic mass is 9.49. The van der Waals surface area contributed by atoms with E-state index in [0.717, 1.165) is 18.9 Å². The summed E-state index contributed by atoms with van der Waals surface area (Å²) in [4.78, 5) is 17.3. The normalized spacial score (nSPS) is 24.7. The summed E-state index contributed by atoms with van der Waals surface area (Å²) in [6.07, 6.45) is 4.74. The van der Waals surface area contributed by atoms with Crippen molar-refractivity contribution in [3.8, 4) is 0 Å². The van der Waals surface area contributed by atoms with Gasteiger partial charge >= 0.3 is 0 Å². The molecule has 2 bridgehead atoms. The van der Waals surface area contributed by atoms with Crippen LogP contribution in [0.1, 0.15) is 40.5 Å². The summed E-state index contributed by atoms with van der Waals surface area (Å²) >= 11 is 12.2. The zero-order chi connectivity index (χ0) is 25.5. The van der Waals surface area contributed by atoms with Crippen LogP contribution in [0.5, 0.6) is 0 Å². The summed E-state index contributed by atoms with van der Waals surface area (Å²) in [5.74, 6) is 1.49. The van der Waals surface area contributed by atoms with Crippen LogP contribution >= 0.6 is 23.2 Å². The second-order valence-electron chi connectivity index (χ2n) is 11.1. The highest BCUT2D eigenvalue weighted by molar-refractivity contribution is 7.89. The van der Waals surface area contributed by atoms with Crippen molar-refractivity contribution in [2.45, 2.75) is 45.4 Å². The van der Waals surface area contributed by atoms with Gasteiger partial charge in [0.25, 0.3) is 0 Å². The van der Waals surface area contributed by atoms with E-state index in [9.17, 15) is 13.2 Å². The summed E-state index contributed by atoms with van der Waals surface area (Å²) in [7, 11) is -3.71. The first-order chi connectivity index (χ1) is 16.4. The minimum Gasteiger partial charge on any atom is -0.337 e. The number of hydrogen-bond acceptors (Lipinski definition) is 4. The summed E-state index contributed by atoms with van der Waals surface area (Å²) in [6, 6.07) is 4.51. The van der Waals surface area contributed by atoms with Gasteiger partial charge in [-0.1, -0.05) is 62.5 Å². The molecular weight excluding hydrogens is 505 g/mol. The topological polar surface area (TPSA) is 60.9 Å². The summed E-state index contributed by atoms with van der Waals surface area (Å²) in [5.41, 5.74) is 1.76. The van der Waals surface area contributed by atoms with Gasteiger partial charge in [-0.2, -0.15) is 4.31 Å². The Kier molecular flexibility index (Phi) is 7.95. The van der Waals surface area contributed by atoms with Crippen molar-refractivity contribution in [2.24, 2.45) is 23.2 Å². The molecule has 3 aliphatic carbocycles. The minimum atomic E-state index is -3.71. The number of carbonyl (C=O) groups excluding carboxylic acids is 1. The molecule has 35 heavy (non-hydrogen) atoms. The number of benzene rings is 1. The third-order valence-electron chi connectivity index (χ3n) is 8.29. The van der Waals surface area contributed by atoms with E-state index in [1.807, 2.05) is 18.7 Å². The maximum Gasteiger partial charge on any atom is 0.244 e. The molecule has 0 radical (unpaired) electrons. The maximum absolute atomic E-state index is 13.1. The van der Waals surface area contributed by atoms with E-state index in [2.05, 4.69) is 24.8 Å². The average molecular weight is 543 g/mol. The summed E-state index contributed by atoms with van der Waals surface area (Å²) < 4.78 is 27.7. The fourth-order valence-corrected chi connectivity index (χ4v) is 7.94. The smallest absolute Gasteiger partial charge is 0.244 e. The predicted octanol–water partition coefficient (Wildman–Crippen LogP) is 4.78. The molecule has 1 saturated carbocycles. The Morgan fingerprint density at radius 1 is 1.17 bits per heavy atom. The second-order valence-corrected chi connectivity index (χ2v) is 13.8. The van der Waals surface area contributed by atoms with E-state index in [1.165, 1.54) is 28.4 Å². The van der Waals surface area contributed by atoms with Crippen molar-refractivity contribution in [3.05, 3.63) is 39.9 Å². The van der Waals surface area contributed by atoms with Crippen molar-refractivity contribution >= 4 is 39.1 Å². The number of allylic oxidation sites excluding steroid dienone is 1. The molecule has 1 aliphatic heterocycles. The van der Waals surface area contributed by atoms with Crippen LogP contribution in [-0.2, 0) is 14.8 Å². The quantitative estimate of drug-likeness (QED) is 0.444. The summed E-state index contributed by atoms with van der Waals surface area (Å²) in [6.45, 7) is 12.7. The van der Waals surface area contributed by atoms with Gasteiger partial charge in [-0.25, -0.2) is 8.42 Å². The number of rotatable bonds is 8. The van der Waals surface area contributed by atoms with Crippen molar-refractivity contribution in [2.75, 3.05) is 45.8 Å². The van der Waals surface area contributed by atoms with Crippen LogP contribution in [0.2, 0.25) is 10.0 Å². The number of carbonyl (C=O) groups is 1. The molecule has 1 saturated heterocycles. The molecule has 0 spiro atoms. The van der Waals surface area contributed by atoms with Crippen LogP contribution in [-0.4, -0.2) is 74.2 Å². The van der Waals surface area contributed by atoms with Crippen molar-refractivity contribution in [3.63, 3.8) is 0 Å². The number of amides is 1. The third-order valence-corrected chi connectivity index (χ3v) is 10.9. The van der Waals surface area contributed by atoms with Gasteiger partial charge < -0.3 is 4.90 Å². The van der Waals surface area contributed by atoms with Gasteiger partial charge in [0, 0.05) is 56.8 Å². The lowest BCUT2D eigenvalue weighted by molar-refractivity contribution is -0.134. The van der Waals surface area contributed by atoms with Crippen LogP contribution in [0.4, 0.5) is 0 Å². The molecule has 6 nitrogen and oxygen atoms in total. The van der Waals surface area contributed by atoms with Crippen LogP contribution in [0.15, 0.2) is 34.7 Å². The van der Waals surface area contributed by atoms with Crippen LogP contribution < -0.4 is 0 Å².